The number of hydrogen-bond acceptors (Lipinski definition) is 2. The molecule has 0 aliphatic heterocycles. The van der Waals surface area contributed by atoms with Crippen LogP contribution in [0.25, 0.3) is 11.1 Å². The van der Waals surface area contributed by atoms with Crippen LogP contribution in [0.1, 0.15) is 18.1 Å². The maximum Gasteiger partial charge on any atom is 0.310 e. The van der Waals surface area contributed by atoms with Gasteiger partial charge in [0.2, 0.25) is 0 Å². The Hall–Kier alpha value is -2.09. The van der Waals surface area contributed by atoms with Crippen molar-refractivity contribution >= 4 is 5.97 Å². The summed E-state index contributed by atoms with van der Waals surface area (Å²) in [7, 11) is 0. The van der Waals surface area contributed by atoms with Gasteiger partial charge >= 0.3 is 5.97 Å². The van der Waals surface area contributed by atoms with Gasteiger partial charge in [0.25, 0.3) is 0 Å². The van der Waals surface area contributed by atoms with Gasteiger partial charge in [0, 0.05) is 0 Å². The number of carbonyl (C=O) groups is 1. The third-order valence-corrected chi connectivity index (χ3v) is 3.02. The number of carbonyl (C=O) groups excluding carboxylic acids is 1. The van der Waals surface area contributed by atoms with E-state index in [0.29, 0.717) is 13.0 Å². The van der Waals surface area contributed by atoms with Crippen LogP contribution >= 0.6 is 0 Å². The first kappa shape index (κ1) is 13.3. The summed E-state index contributed by atoms with van der Waals surface area (Å²) in [4.78, 5) is 11.6. The van der Waals surface area contributed by atoms with Gasteiger partial charge in [0.1, 0.15) is 0 Å². The van der Waals surface area contributed by atoms with E-state index in [9.17, 15) is 4.79 Å². The van der Waals surface area contributed by atoms with Crippen molar-refractivity contribution < 1.29 is 9.53 Å². The van der Waals surface area contributed by atoms with Gasteiger partial charge in [-0.05, 0) is 30.5 Å². The van der Waals surface area contributed by atoms with E-state index >= 15 is 0 Å². The highest BCUT2D eigenvalue weighted by Gasteiger charge is 2.09. The van der Waals surface area contributed by atoms with Crippen LogP contribution in [0, 0.1) is 6.92 Å². The quantitative estimate of drug-likeness (QED) is 0.776. The van der Waals surface area contributed by atoms with Gasteiger partial charge in [0.15, 0.2) is 0 Å². The minimum atomic E-state index is -0.179. The Morgan fingerprint density at radius 2 is 1.74 bits per heavy atom. The van der Waals surface area contributed by atoms with E-state index in [2.05, 4.69) is 31.2 Å². The zero-order valence-corrected chi connectivity index (χ0v) is 11.3. The molecule has 0 bridgehead atoms. The van der Waals surface area contributed by atoms with Crippen LogP contribution in [0.2, 0.25) is 0 Å². The first-order valence-electron chi connectivity index (χ1n) is 6.51. The van der Waals surface area contributed by atoms with Gasteiger partial charge in [-0.1, -0.05) is 54.1 Å². The fraction of sp³-hybridized carbons (Fsp3) is 0.235. The predicted molar refractivity (Wildman–Crippen MR) is 77.0 cm³/mol. The Morgan fingerprint density at radius 3 is 2.42 bits per heavy atom. The van der Waals surface area contributed by atoms with Crippen molar-refractivity contribution in [2.24, 2.45) is 0 Å². The van der Waals surface area contributed by atoms with Crippen molar-refractivity contribution in [3.63, 3.8) is 0 Å². The van der Waals surface area contributed by atoms with Crippen molar-refractivity contribution in [3.05, 3.63) is 59.7 Å². The van der Waals surface area contributed by atoms with Crippen LogP contribution in [0.15, 0.2) is 48.5 Å². The molecule has 0 aromatic heterocycles. The second-order valence-corrected chi connectivity index (χ2v) is 4.50. The summed E-state index contributed by atoms with van der Waals surface area (Å²) in [5, 5.41) is 0. The highest BCUT2D eigenvalue weighted by atomic mass is 16.5. The normalized spacial score (nSPS) is 10.2. The smallest absolute Gasteiger partial charge is 0.310 e. The third kappa shape index (κ3) is 3.44. The van der Waals surface area contributed by atoms with Gasteiger partial charge in [0.05, 0.1) is 13.0 Å². The molecule has 19 heavy (non-hydrogen) atoms. The van der Waals surface area contributed by atoms with Crippen LogP contribution < -0.4 is 0 Å². The zero-order valence-electron chi connectivity index (χ0n) is 11.3. The molecule has 0 spiro atoms. The molecule has 0 aliphatic rings. The summed E-state index contributed by atoms with van der Waals surface area (Å²) in [6.45, 7) is 4.31. The highest BCUT2D eigenvalue weighted by molar-refractivity contribution is 5.78. The Morgan fingerprint density at radius 1 is 1.05 bits per heavy atom. The number of hydrogen-bond donors (Lipinski definition) is 0. The van der Waals surface area contributed by atoms with E-state index in [1.54, 1.807) is 0 Å². The molecule has 2 nitrogen and oxygen atoms in total. The average Bonchev–Trinajstić information content (AvgIpc) is 2.41. The average molecular weight is 254 g/mol. The third-order valence-electron chi connectivity index (χ3n) is 3.02. The van der Waals surface area contributed by atoms with Crippen LogP contribution in [-0.4, -0.2) is 12.6 Å². The SMILES string of the molecule is CCOC(=O)Cc1ccccc1-c1ccc(C)cc1. The van der Waals surface area contributed by atoms with Gasteiger partial charge in [-0.25, -0.2) is 0 Å². The maximum absolute atomic E-state index is 11.6. The molecule has 0 unspecified atom stereocenters. The fourth-order valence-electron chi connectivity index (χ4n) is 2.06. The highest BCUT2D eigenvalue weighted by Crippen LogP contribution is 2.24. The molecule has 2 rings (SSSR count). The lowest BCUT2D eigenvalue weighted by Crippen LogP contribution is -2.08. The van der Waals surface area contributed by atoms with Crippen molar-refractivity contribution in [2.75, 3.05) is 6.61 Å². The molecule has 0 saturated heterocycles. The molecule has 2 aromatic rings. The monoisotopic (exact) mass is 254 g/mol. The van der Waals surface area contributed by atoms with Gasteiger partial charge in [-0.15, -0.1) is 0 Å². The lowest BCUT2D eigenvalue weighted by atomic mass is 9.97. The molecule has 0 heterocycles. The molecule has 98 valence electrons. The Bertz CT molecular complexity index is 556. The molecule has 0 atom stereocenters. The number of rotatable bonds is 4. The van der Waals surface area contributed by atoms with Crippen molar-refractivity contribution in [3.8, 4) is 11.1 Å². The lowest BCUT2D eigenvalue weighted by molar-refractivity contribution is -0.142. The van der Waals surface area contributed by atoms with Crippen LogP contribution in [0.3, 0.4) is 0 Å². The fourth-order valence-corrected chi connectivity index (χ4v) is 2.06. The van der Waals surface area contributed by atoms with E-state index < -0.39 is 0 Å². The summed E-state index contributed by atoms with van der Waals surface area (Å²) >= 11 is 0. The van der Waals surface area contributed by atoms with E-state index in [0.717, 1.165) is 16.7 Å². The van der Waals surface area contributed by atoms with Crippen molar-refractivity contribution in [2.45, 2.75) is 20.3 Å². The van der Waals surface area contributed by atoms with Gasteiger partial charge in [-0.2, -0.15) is 0 Å². The summed E-state index contributed by atoms with van der Waals surface area (Å²) < 4.78 is 5.02. The van der Waals surface area contributed by atoms with Crippen molar-refractivity contribution in [1.82, 2.24) is 0 Å². The standard InChI is InChI=1S/C17H18O2/c1-3-19-17(18)12-15-6-4-5-7-16(15)14-10-8-13(2)9-11-14/h4-11H,3,12H2,1-2H3. The van der Waals surface area contributed by atoms with Gasteiger partial charge in [-0.3, -0.25) is 4.79 Å². The van der Waals surface area contributed by atoms with E-state index in [1.807, 2.05) is 31.2 Å². The minimum absolute atomic E-state index is 0.179. The zero-order chi connectivity index (χ0) is 13.7. The number of benzene rings is 2. The summed E-state index contributed by atoms with van der Waals surface area (Å²) in [5.41, 5.74) is 4.46. The van der Waals surface area contributed by atoms with Crippen LogP contribution in [-0.2, 0) is 16.0 Å². The first-order chi connectivity index (χ1) is 9.20. The largest absolute Gasteiger partial charge is 0.466 e. The molecule has 0 saturated carbocycles. The number of aryl methyl sites for hydroxylation is 1. The lowest BCUT2D eigenvalue weighted by Gasteiger charge is -2.09. The first-order valence-corrected chi connectivity index (χ1v) is 6.51. The molecule has 0 aliphatic carbocycles. The minimum Gasteiger partial charge on any atom is -0.466 e. The Labute approximate surface area is 114 Å². The topological polar surface area (TPSA) is 26.3 Å². The number of esters is 1. The second kappa shape index (κ2) is 6.19. The van der Waals surface area contributed by atoms with Gasteiger partial charge < -0.3 is 4.74 Å². The number of ether oxygens (including phenoxy) is 1. The summed E-state index contributed by atoms with van der Waals surface area (Å²) in [6, 6.07) is 16.3. The Balaban J connectivity index is 2.30. The van der Waals surface area contributed by atoms with Crippen molar-refractivity contribution in [1.29, 1.82) is 0 Å². The molecule has 0 N–H and O–H groups in total. The van der Waals surface area contributed by atoms with E-state index in [4.69, 9.17) is 4.74 Å². The summed E-state index contributed by atoms with van der Waals surface area (Å²) in [5.74, 6) is -0.179. The molecule has 2 heteroatoms. The summed E-state index contributed by atoms with van der Waals surface area (Å²) in [6.07, 6.45) is 0.317. The maximum atomic E-state index is 11.6. The Kier molecular flexibility index (Phi) is 4.35. The molecule has 2 aromatic carbocycles. The molecule has 0 amide bonds. The molecular weight excluding hydrogens is 236 g/mol. The molecule has 0 fully saturated rings. The molecular formula is C17H18O2. The van der Waals surface area contributed by atoms with Crippen LogP contribution in [0.4, 0.5) is 0 Å². The van der Waals surface area contributed by atoms with E-state index in [-0.39, 0.29) is 5.97 Å². The molecule has 0 radical (unpaired) electrons. The predicted octanol–water partition coefficient (Wildman–Crippen LogP) is 3.77. The van der Waals surface area contributed by atoms with Crippen LogP contribution in [0.5, 0.6) is 0 Å². The second-order valence-electron chi connectivity index (χ2n) is 4.50. The van der Waals surface area contributed by atoms with E-state index in [1.165, 1.54) is 5.56 Å².